The predicted octanol–water partition coefficient (Wildman–Crippen LogP) is 4.09. The highest BCUT2D eigenvalue weighted by molar-refractivity contribution is 9.10. The van der Waals surface area contributed by atoms with Crippen LogP contribution in [-0.2, 0) is 0 Å². The van der Waals surface area contributed by atoms with Crippen LogP contribution in [0.4, 0.5) is 0 Å². The van der Waals surface area contributed by atoms with Crippen LogP contribution in [-0.4, -0.2) is 31.1 Å². The fraction of sp³-hybridized carbons (Fsp3) is 0.571. The molecule has 0 aliphatic carbocycles. The van der Waals surface area contributed by atoms with Crippen LogP contribution in [0.25, 0.3) is 0 Å². The molecule has 0 aliphatic rings. The molecule has 4 heteroatoms. The van der Waals surface area contributed by atoms with Crippen LogP contribution in [0.15, 0.2) is 22.7 Å². The summed E-state index contributed by atoms with van der Waals surface area (Å²) in [5, 5.41) is 4.33. The Balaban J connectivity index is 2.47. The van der Waals surface area contributed by atoms with E-state index in [-0.39, 0.29) is 6.04 Å². The van der Waals surface area contributed by atoms with E-state index in [0.29, 0.717) is 0 Å². The Morgan fingerprint density at radius 2 is 2.00 bits per heavy atom. The van der Waals surface area contributed by atoms with E-state index >= 15 is 0 Å². The lowest BCUT2D eigenvalue weighted by molar-refractivity contribution is 0.298. The van der Waals surface area contributed by atoms with Crippen molar-refractivity contribution in [2.45, 2.75) is 26.8 Å². The SMILES string of the molecule is CCN(CC)CCNC(C)c1ccc(Br)cc1Cl. The molecule has 1 unspecified atom stereocenters. The molecular weight excluding hydrogens is 312 g/mol. The van der Waals surface area contributed by atoms with Crippen molar-refractivity contribution in [3.63, 3.8) is 0 Å². The topological polar surface area (TPSA) is 15.3 Å². The van der Waals surface area contributed by atoms with Gasteiger partial charge in [-0.05, 0) is 37.7 Å². The van der Waals surface area contributed by atoms with Gasteiger partial charge in [0.25, 0.3) is 0 Å². The molecule has 0 radical (unpaired) electrons. The normalized spacial score (nSPS) is 13.0. The number of benzene rings is 1. The van der Waals surface area contributed by atoms with E-state index in [1.165, 1.54) is 0 Å². The van der Waals surface area contributed by atoms with E-state index in [1.54, 1.807) is 0 Å². The van der Waals surface area contributed by atoms with Crippen LogP contribution >= 0.6 is 27.5 Å². The van der Waals surface area contributed by atoms with Crippen LogP contribution in [0.3, 0.4) is 0 Å². The van der Waals surface area contributed by atoms with Crippen LogP contribution in [0, 0.1) is 0 Å². The zero-order chi connectivity index (χ0) is 13.5. The van der Waals surface area contributed by atoms with Crippen LogP contribution in [0.5, 0.6) is 0 Å². The lowest BCUT2D eigenvalue weighted by Gasteiger charge is -2.21. The Kier molecular flexibility index (Phi) is 7.23. The summed E-state index contributed by atoms with van der Waals surface area (Å²) in [6.07, 6.45) is 0. The van der Waals surface area contributed by atoms with Crippen LogP contribution in [0.2, 0.25) is 5.02 Å². The maximum Gasteiger partial charge on any atom is 0.0464 e. The minimum atomic E-state index is 0.279. The van der Waals surface area contributed by atoms with Gasteiger partial charge in [-0.2, -0.15) is 0 Å². The molecule has 0 fully saturated rings. The van der Waals surface area contributed by atoms with Gasteiger partial charge in [0.05, 0.1) is 0 Å². The molecule has 2 nitrogen and oxygen atoms in total. The molecule has 1 aromatic rings. The summed E-state index contributed by atoms with van der Waals surface area (Å²) in [4.78, 5) is 2.41. The molecule has 18 heavy (non-hydrogen) atoms. The maximum atomic E-state index is 6.24. The predicted molar refractivity (Wildman–Crippen MR) is 83.4 cm³/mol. The highest BCUT2D eigenvalue weighted by Crippen LogP contribution is 2.26. The number of halogens is 2. The molecule has 0 heterocycles. The van der Waals surface area contributed by atoms with Crippen LogP contribution < -0.4 is 5.32 Å². The Labute approximate surface area is 124 Å². The average Bonchev–Trinajstić information content (AvgIpc) is 2.34. The smallest absolute Gasteiger partial charge is 0.0464 e. The molecule has 0 aliphatic heterocycles. The standard InChI is InChI=1S/C14H22BrClN2/c1-4-18(5-2)9-8-17-11(3)13-7-6-12(15)10-14(13)16/h6-7,10-11,17H,4-5,8-9H2,1-3H3. The van der Waals surface area contributed by atoms with Gasteiger partial charge < -0.3 is 10.2 Å². The summed E-state index contributed by atoms with van der Waals surface area (Å²) < 4.78 is 1.02. The van der Waals surface area contributed by atoms with Gasteiger partial charge in [-0.3, -0.25) is 0 Å². The second-order valence-electron chi connectivity index (χ2n) is 4.37. The Bertz CT molecular complexity index is 367. The van der Waals surface area contributed by atoms with Crippen molar-refractivity contribution in [1.82, 2.24) is 10.2 Å². The largest absolute Gasteiger partial charge is 0.309 e. The Hall–Kier alpha value is -0.0900. The summed E-state index contributed by atoms with van der Waals surface area (Å²) >= 11 is 9.66. The van der Waals surface area contributed by atoms with Gasteiger partial charge >= 0.3 is 0 Å². The first-order valence-electron chi connectivity index (χ1n) is 6.49. The van der Waals surface area contributed by atoms with Gasteiger partial charge in [0, 0.05) is 28.6 Å². The highest BCUT2D eigenvalue weighted by atomic mass is 79.9. The third-order valence-electron chi connectivity index (χ3n) is 3.20. The number of rotatable bonds is 7. The lowest BCUT2D eigenvalue weighted by atomic mass is 10.1. The van der Waals surface area contributed by atoms with Crippen molar-refractivity contribution < 1.29 is 0 Å². The third-order valence-corrected chi connectivity index (χ3v) is 4.02. The fourth-order valence-corrected chi connectivity index (χ4v) is 2.78. The average molecular weight is 334 g/mol. The van der Waals surface area contributed by atoms with Gasteiger partial charge in [-0.25, -0.2) is 0 Å². The van der Waals surface area contributed by atoms with Gasteiger partial charge in [-0.15, -0.1) is 0 Å². The van der Waals surface area contributed by atoms with Crippen molar-refractivity contribution in [3.8, 4) is 0 Å². The minimum absolute atomic E-state index is 0.279. The summed E-state index contributed by atoms with van der Waals surface area (Å²) in [5.74, 6) is 0. The van der Waals surface area contributed by atoms with E-state index < -0.39 is 0 Å². The number of hydrogen-bond donors (Lipinski definition) is 1. The third kappa shape index (κ3) is 4.88. The first-order chi connectivity index (χ1) is 8.58. The molecule has 1 N–H and O–H groups in total. The first-order valence-corrected chi connectivity index (χ1v) is 7.66. The molecule has 0 amide bonds. The van der Waals surface area contributed by atoms with Gasteiger partial charge in [0.1, 0.15) is 0 Å². The molecule has 0 aromatic heterocycles. The number of nitrogens with zero attached hydrogens (tertiary/aromatic N) is 1. The number of hydrogen-bond acceptors (Lipinski definition) is 2. The highest BCUT2D eigenvalue weighted by Gasteiger charge is 2.09. The molecular formula is C14H22BrClN2. The zero-order valence-corrected chi connectivity index (χ0v) is 13.7. The quantitative estimate of drug-likeness (QED) is 0.808. The van der Waals surface area contributed by atoms with Gasteiger partial charge in [-0.1, -0.05) is 47.4 Å². The molecule has 1 atom stereocenters. The lowest BCUT2D eigenvalue weighted by Crippen LogP contribution is -2.33. The van der Waals surface area contributed by atoms with Gasteiger partial charge in [0.15, 0.2) is 0 Å². The van der Waals surface area contributed by atoms with Crippen molar-refractivity contribution in [3.05, 3.63) is 33.3 Å². The number of nitrogens with one attached hydrogen (secondary N) is 1. The number of likely N-dealkylation sites (N-methyl/N-ethyl adjacent to an activating group) is 1. The van der Waals surface area contributed by atoms with Crippen molar-refractivity contribution in [1.29, 1.82) is 0 Å². The van der Waals surface area contributed by atoms with E-state index in [2.05, 4.69) is 53.0 Å². The molecule has 0 spiro atoms. The molecule has 0 bridgehead atoms. The Morgan fingerprint density at radius 3 is 2.56 bits per heavy atom. The molecule has 1 rings (SSSR count). The van der Waals surface area contributed by atoms with E-state index in [9.17, 15) is 0 Å². The van der Waals surface area contributed by atoms with Gasteiger partial charge in [0.2, 0.25) is 0 Å². The Morgan fingerprint density at radius 1 is 1.33 bits per heavy atom. The van der Waals surface area contributed by atoms with E-state index in [1.807, 2.05) is 12.1 Å². The van der Waals surface area contributed by atoms with Crippen molar-refractivity contribution in [2.75, 3.05) is 26.2 Å². The second-order valence-corrected chi connectivity index (χ2v) is 5.69. The van der Waals surface area contributed by atoms with Crippen molar-refractivity contribution >= 4 is 27.5 Å². The minimum Gasteiger partial charge on any atom is -0.309 e. The monoisotopic (exact) mass is 332 g/mol. The molecule has 102 valence electrons. The van der Waals surface area contributed by atoms with Crippen LogP contribution in [0.1, 0.15) is 32.4 Å². The fourth-order valence-electron chi connectivity index (χ4n) is 1.94. The van der Waals surface area contributed by atoms with E-state index in [0.717, 1.165) is 41.2 Å². The summed E-state index contributed by atoms with van der Waals surface area (Å²) in [7, 11) is 0. The summed E-state index contributed by atoms with van der Waals surface area (Å²) in [6.45, 7) is 10.8. The summed E-state index contributed by atoms with van der Waals surface area (Å²) in [5.41, 5.74) is 1.15. The molecule has 1 aromatic carbocycles. The molecule has 0 saturated heterocycles. The first kappa shape index (κ1) is 16.0. The molecule has 0 saturated carbocycles. The van der Waals surface area contributed by atoms with Crippen molar-refractivity contribution in [2.24, 2.45) is 0 Å². The van der Waals surface area contributed by atoms with E-state index in [4.69, 9.17) is 11.6 Å². The second kappa shape index (κ2) is 8.16. The summed E-state index contributed by atoms with van der Waals surface area (Å²) in [6, 6.07) is 6.33. The zero-order valence-electron chi connectivity index (χ0n) is 11.3. The maximum absolute atomic E-state index is 6.24.